The number of aliphatic hydroxyl groups is 1. The number of anilines is 3. The van der Waals surface area contributed by atoms with Gasteiger partial charge in [-0.2, -0.15) is 0 Å². The molecule has 7 nitrogen and oxygen atoms in total. The van der Waals surface area contributed by atoms with Crippen molar-refractivity contribution in [1.82, 2.24) is 0 Å². The van der Waals surface area contributed by atoms with Gasteiger partial charge in [0.15, 0.2) is 5.60 Å². The highest BCUT2D eigenvalue weighted by Crippen LogP contribution is 2.61. The van der Waals surface area contributed by atoms with E-state index in [1.165, 1.54) is 5.19 Å². The maximum atomic E-state index is 14.8. The first-order chi connectivity index (χ1) is 20.2. The molecule has 3 heterocycles. The van der Waals surface area contributed by atoms with Crippen LogP contribution in [-0.4, -0.2) is 51.4 Å². The molecular formula is C34H40N2O5Si. The van der Waals surface area contributed by atoms with Crippen molar-refractivity contribution in [1.29, 1.82) is 0 Å². The molecule has 6 rings (SSSR count). The van der Waals surface area contributed by atoms with Crippen molar-refractivity contribution in [3.05, 3.63) is 78.4 Å². The van der Waals surface area contributed by atoms with Crippen molar-refractivity contribution >= 4 is 42.1 Å². The predicted molar refractivity (Wildman–Crippen MR) is 168 cm³/mol. The number of piperidine rings is 1. The Morgan fingerprint density at radius 1 is 1.00 bits per heavy atom. The van der Waals surface area contributed by atoms with Gasteiger partial charge < -0.3 is 19.5 Å². The molecule has 0 aromatic heterocycles. The summed E-state index contributed by atoms with van der Waals surface area (Å²) in [4.78, 5) is 31.4. The zero-order valence-electron chi connectivity index (χ0n) is 24.9. The standard InChI is InChI=1S/C34H40N2O5Si/c1-23-32(42(3,4)27-16-14-26(40-2)15-17-27)30(19-21-37)41-34(23)28-22-25(35-20-9-8-12-31(35)38)13-18-29(28)36(33(34)39)24-10-6-5-7-11-24/h5-7,10-11,13-18,22-23,30,32,37H,8-9,12,19-21H2,1-4H3/t23-,30+,32-,34+/m1/s1. The number of ether oxygens (including phenoxy) is 2. The van der Waals surface area contributed by atoms with Gasteiger partial charge in [0.05, 0.1) is 27.0 Å². The molecule has 0 radical (unpaired) electrons. The zero-order chi connectivity index (χ0) is 29.6. The first-order valence-corrected chi connectivity index (χ1v) is 18.1. The maximum Gasteiger partial charge on any atom is 0.268 e. The Balaban J connectivity index is 1.51. The molecule has 42 heavy (non-hydrogen) atoms. The molecule has 220 valence electrons. The van der Waals surface area contributed by atoms with E-state index in [9.17, 15) is 14.7 Å². The molecule has 2 fully saturated rings. The number of methoxy groups -OCH3 is 1. The Labute approximate surface area is 249 Å². The fourth-order valence-electron chi connectivity index (χ4n) is 7.70. The topological polar surface area (TPSA) is 79.3 Å². The summed E-state index contributed by atoms with van der Waals surface area (Å²) in [5.74, 6) is 0.637. The highest BCUT2D eigenvalue weighted by molar-refractivity contribution is 6.91. The van der Waals surface area contributed by atoms with Gasteiger partial charge in [0, 0.05) is 42.4 Å². The van der Waals surface area contributed by atoms with Crippen LogP contribution in [0.15, 0.2) is 72.8 Å². The van der Waals surface area contributed by atoms with Gasteiger partial charge in [-0.3, -0.25) is 14.5 Å². The molecule has 2 saturated heterocycles. The number of nitrogens with zero attached hydrogens (tertiary/aromatic N) is 2. The molecule has 3 aromatic carbocycles. The minimum atomic E-state index is -2.27. The third kappa shape index (κ3) is 4.39. The Morgan fingerprint density at radius 2 is 1.74 bits per heavy atom. The van der Waals surface area contributed by atoms with Crippen LogP contribution in [-0.2, 0) is 19.9 Å². The normalized spacial score (nSPS) is 25.8. The van der Waals surface area contributed by atoms with Crippen molar-refractivity contribution in [3.8, 4) is 5.75 Å². The van der Waals surface area contributed by atoms with Crippen LogP contribution >= 0.6 is 0 Å². The summed E-state index contributed by atoms with van der Waals surface area (Å²) in [7, 11) is -0.609. The molecule has 0 aliphatic carbocycles. The summed E-state index contributed by atoms with van der Waals surface area (Å²) in [5, 5.41) is 11.4. The van der Waals surface area contributed by atoms with E-state index >= 15 is 0 Å². The van der Waals surface area contributed by atoms with Crippen molar-refractivity contribution in [2.45, 2.75) is 62.9 Å². The molecule has 3 aliphatic rings. The summed E-state index contributed by atoms with van der Waals surface area (Å²) < 4.78 is 12.5. The Hall–Kier alpha value is -3.46. The third-order valence-electron chi connectivity index (χ3n) is 9.79. The van der Waals surface area contributed by atoms with Crippen LogP contribution in [0.25, 0.3) is 0 Å². The lowest BCUT2D eigenvalue weighted by Crippen LogP contribution is -2.51. The molecule has 0 unspecified atom stereocenters. The van der Waals surface area contributed by atoms with E-state index in [1.54, 1.807) is 12.0 Å². The minimum Gasteiger partial charge on any atom is -0.497 e. The Kier molecular flexibility index (Phi) is 7.49. The molecule has 8 heteroatoms. The fraction of sp³-hybridized carbons (Fsp3) is 0.412. The maximum absolute atomic E-state index is 14.8. The average molecular weight is 585 g/mol. The second-order valence-corrected chi connectivity index (χ2v) is 17.0. The first kappa shape index (κ1) is 28.6. The van der Waals surface area contributed by atoms with Crippen LogP contribution in [0.1, 0.15) is 38.2 Å². The number of benzene rings is 3. The van der Waals surface area contributed by atoms with Gasteiger partial charge in [-0.1, -0.05) is 55.5 Å². The van der Waals surface area contributed by atoms with Crippen molar-refractivity contribution in [3.63, 3.8) is 0 Å². The van der Waals surface area contributed by atoms with E-state index in [-0.39, 0.29) is 36.0 Å². The summed E-state index contributed by atoms with van der Waals surface area (Å²) in [5.41, 5.74) is 2.01. The van der Waals surface area contributed by atoms with Gasteiger partial charge >= 0.3 is 0 Å². The van der Waals surface area contributed by atoms with Crippen molar-refractivity contribution in [2.75, 3.05) is 30.1 Å². The average Bonchev–Trinajstić information content (AvgIpc) is 3.44. The van der Waals surface area contributed by atoms with Gasteiger partial charge in [0.25, 0.3) is 5.91 Å². The lowest BCUT2D eigenvalue weighted by atomic mass is 9.82. The predicted octanol–water partition coefficient (Wildman–Crippen LogP) is 5.49. The second kappa shape index (κ2) is 11.0. The summed E-state index contributed by atoms with van der Waals surface area (Å²) in [6, 6.07) is 23.9. The number of rotatable bonds is 7. The van der Waals surface area contributed by atoms with E-state index in [1.807, 2.05) is 65.6 Å². The van der Waals surface area contributed by atoms with E-state index < -0.39 is 13.7 Å². The Morgan fingerprint density at radius 3 is 2.40 bits per heavy atom. The summed E-state index contributed by atoms with van der Waals surface area (Å²) in [6.45, 7) is 7.46. The van der Waals surface area contributed by atoms with Crippen LogP contribution in [0, 0.1) is 5.92 Å². The lowest BCUT2D eigenvalue weighted by molar-refractivity contribution is -0.145. The lowest BCUT2D eigenvalue weighted by Gasteiger charge is -2.37. The molecule has 1 spiro atoms. The van der Waals surface area contributed by atoms with Crippen LogP contribution in [0.4, 0.5) is 17.1 Å². The summed E-state index contributed by atoms with van der Waals surface area (Å²) >= 11 is 0. The van der Waals surface area contributed by atoms with Crippen LogP contribution < -0.4 is 19.7 Å². The molecule has 0 saturated carbocycles. The van der Waals surface area contributed by atoms with Crippen molar-refractivity contribution < 1.29 is 24.2 Å². The van der Waals surface area contributed by atoms with E-state index in [0.717, 1.165) is 41.2 Å². The molecule has 2 amide bonds. The smallest absolute Gasteiger partial charge is 0.268 e. The van der Waals surface area contributed by atoms with E-state index in [4.69, 9.17) is 9.47 Å². The number of hydrogen-bond acceptors (Lipinski definition) is 5. The fourth-order valence-corrected chi connectivity index (χ4v) is 11.8. The largest absolute Gasteiger partial charge is 0.497 e. The minimum absolute atomic E-state index is 0.0250. The van der Waals surface area contributed by atoms with Gasteiger partial charge in [-0.05, 0) is 67.3 Å². The highest BCUT2D eigenvalue weighted by atomic mass is 28.3. The monoisotopic (exact) mass is 584 g/mol. The van der Waals surface area contributed by atoms with Crippen LogP contribution in [0.2, 0.25) is 18.6 Å². The van der Waals surface area contributed by atoms with Gasteiger partial charge in [-0.25, -0.2) is 0 Å². The number of fused-ring (bicyclic) bond motifs is 2. The molecule has 0 bridgehead atoms. The number of carbonyl (C=O) groups is 2. The third-order valence-corrected chi connectivity index (χ3v) is 14.1. The number of aliphatic hydroxyl groups excluding tert-OH is 1. The first-order valence-electron chi connectivity index (χ1n) is 15.0. The zero-order valence-corrected chi connectivity index (χ0v) is 25.9. The number of hydrogen-bond donors (Lipinski definition) is 1. The highest BCUT2D eigenvalue weighted by Gasteiger charge is 2.66. The quantitative estimate of drug-likeness (QED) is 0.372. The van der Waals surface area contributed by atoms with Crippen LogP contribution in [0.5, 0.6) is 5.75 Å². The van der Waals surface area contributed by atoms with Gasteiger partial charge in [-0.15, -0.1) is 0 Å². The number of para-hydroxylation sites is 1. The van der Waals surface area contributed by atoms with E-state index in [0.29, 0.717) is 19.4 Å². The molecular weight excluding hydrogens is 544 g/mol. The summed E-state index contributed by atoms with van der Waals surface area (Å²) in [6.07, 6.45) is 2.54. The SMILES string of the molecule is COc1ccc([Si](C)(C)[C@H]2[C@H](CCO)O[C@@]3(C(=O)N(c4ccccc4)c4ccc(N5CCCCC5=O)cc43)[C@@H]2C)cc1. The van der Waals surface area contributed by atoms with Gasteiger partial charge in [0.2, 0.25) is 5.91 Å². The van der Waals surface area contributed by atoms with Gasteiger partial charge in [0.1, 0.15) is 5.75 Å². The Bertz CT molecular complexity index is 1480. The molecule has 1 N–H and O–H groups in total. The number of amides is 2. The van der Waals surface area contributed by atoms with Crippen molar-refractivity contribution in [2.24, 2.45) is 5.92 Å². The molecule has 4 atom stereocenters. The number of carbonyl (C=O) groups excluding carboxylic acids is 2. The second-order valence-electron chi connectivity index (χ2n) is 12.3. The molecule has 3 aliphatic heterocycles. The van der Waals surface area contributed by atoms with E-state index in [2.05, 4.69) is 32.2 Å². The van der Waals surface area contributed by atoms with Crippen LogP contribution in [0.3, 0.4) is 0 Å². The molecule has 3 aromatic rings.